The molecule has 23 heavy (non-hydrogen) atoms. The maximum absolute atomic E-state index is 12.1. The van der Waals surface area contributed by atoms with Gasteiger partial charge in [-0.25, -0.2) is 0 Å². The molecule has 116 valence electrons. The number of carbonyl (C=O) groups is 1. The first-order chi connectivity index (χ1) is 11.2. The van der Waals surface area contributed by atoms with Gasteiger partial charge in [0, 0.05) is 5.56 Å². The van der Waals surface area contributed by atoms with Crippen LogP contribution in [0.5, 0.6) is 5.75 Å². The molecule has 7 heteroatoms. The molecule has 1 N–H and O–H groups in total. The standard InChI is InChI=1S/C16H12ClN3O3/c1-22-11-6-4-5-10(9-11)15-19-20-16(23-15)18-14(21)12-7-2-3-8-13(12)17/h2-9H,1H3,(H,18,20,21). The van der Waals surface area contributed by atoms with Gasteiger partial charge in [0.1, 0.15) is 5.75 Å². The normalized spacial score (nSPS) is 10.3. The Morgan fingerprint density at radius 3 is 2.78 bits per heavy atom. The number of hydrogen-bond acceptors (Lipinski definition) is 5. The molecule has 3 aromatic rings. The summed E-state index contributed by atoms with van der Waals surface area (Å²) in [6, 6.07) is 13.9. The lowest BCUT2D eigenvalue weighted by atomic mass is 10.2. The number of anilines is 1. The molecule has 0 unspecified atom stereocenters. The number of hydrogen-bond donors (Lipinski definition) is 1. The van der Waals surface area contributed by atoms with Crippen molar-refractivity contribution in [2.45, 2.75) is 0 Å². The van der Waals surface area contributed by atoms with Crippen LogP contribution in [-0.4, -0.2) is 23.2 Å². The van der Waals surface area contributed by atoms with Gasteiger partial charge in [-0.2, -0.15) is 0 Å². The van der Waals surface area contributed by atoms with Crippen LogP contribution in [0.15, 0.2) is 52.9 Å². The van der Waals surface area contributed by atoms with Gasteiger partial charge in [-0.05, 0) is 30.3 Å². The Bertz CT molecular complexity index is 848. The molecular formula is C16H12ClN3O3. The minimum absolute atomic E-state index is 0.00672. The van der Waals surface area contributed by atoms with Crippen molar-refractivity contribution in [1.29, 1.82) is 0 Å². The Hall–Kier alpha value is -2.86. The van der Waals surface area contributed by atoms with Gasteiger partial charge in [0.15, 0.2) is 0 Å². The van der Waals surface area contributed by atoms with Crippen LogP contribution < -0.4 is 10.1 Å². The molecule has 3 rings (SSSR count). The van der Waals surface area contributed by atoms with Crippen LogP contribution in [0.3, 0.4) is 0 Å². The van der Waals surface area contributed by atoms with Crippen LogP contribution in [0, 0.1) is 0 Å². The fourth-order valence-electron chi connectivity index (χ4n) is 1.96. The predicted octanol–water partition coefficient (Wildman–Crippen LogP) is 3.65. The number of aromatic nitrogens is 2. The number of halogens is 1. The van der Waals surface area contributed by atoms with Crippen molar-refractivity contribution in [1.82, 2.24) is 10.2 Å². The molecule has 1 heterocycles. The number of methoxy groups -OCH3 is 1. The van der Waals surface area contributed by atoms with Crippen LogP contribution in [0.25, 0.3) is 11.5 Å². The van der Waals surface area contributed by atoms with Gasteiger partial charge in [0.25, 0.3) is 5.91 Å². The quantitative estimate of drug-likeness (QED) is 0.790. The van der Waals surface area contributed by atoms with Gasteiger partial charge in [0.2, 0.25) is 5.89 Å². The lowest BCUT2D eigenvalue weighted by Crippen LogP contribution is -2.12. The van der Waals surface area contributed by atoms with E-state index in [2.05, 4.69) is 15.5 Å². The number of nitrogens with zero attached hydrogens (tertiary/aromatic N) is 2. The first kappa shape index (κ1) is 15.1. The summed E-state index contributed by atoms with van der Waals surface area (Å²) < 4.78 is 10.6. The van der Waals surface area contributed by atoms with Crippen molar-refractivity contribution < 1.29 is 13.9 Å². The summed E-state index contributed by atoms with van der Waals surface area (Å²) in [4.78, 5) is 12.1. The SMILES string of the molecule is COc1cccc(-c2nnc(NC(=O)c3ccccc3Cl)o2)c1. The Labute approximate surface area is 137 Å². The highest BCUT2D eigenvalue weighted by atomic mass is 35.5. The van der Waals surface area contributed by atoms with E-state index in [0.29, 0.717) is 21.9 Å². The monoisotopic (exact) mass is 329 g/mol. The number of rotatable bonds is 4. The Morgan fingerprint density at radius 2 is 2.00 bits per heavy atom. The molecule has 0 fully saturated rings. The van der Waals surface area contributed by atoms with E-state index < -0.39 is 5.91 Å². The third kappa shape index (κ3) is 3.32. The zero-order chi connectivity index (χ0) is 16.2. The summed E-state index contributed by atoms with van der Waals surface area (Å²) >= 11 is 5.98. The van der Waals surface area contributed by atoms with E-state index in [-0.39, 0.29) is 11.9 Å². The molecule has 2 aromatic carbocycles. The number of ether oxygens (including phenoxy) is 1. The number of carbonyl (C=O) groups excluding carboxylic acids is 1. The Balaban J connectivity index is 1.79. The number of benzene rings is 2. The van der Waals surface area contributed by atoms with Crippen molar-refractivity contribution in [2.24, 2.45) is 0 Å². The first-order valence-electron chi connectivity index (χ1n) is 6.71. The minimum atomic E-state index is -0.420. The summed E-state index contributed by atoms with van der Waals surface area (Å²) in [6.07, 6.45) is 0. The molecule has 0 aliphatic heterocycles. The van der Waals surface area contributed by atoms with Gasteiger partial charge in [-0.3, -0.25) is 10.1 Å². The van der Waals surface area contributed by atoms with Crippen molar-refractivity contribution in [3.63, 3.8) is 0 Å². The maximum atomic E-state index is 12.1. The van der Waals surface area contributed by atoms with Gasteiger partial charge in [-0.15, -0.1) is 5.10 Å². The van der Waals surface area contributed by atoms with E-state index in [1.165, 1.54) is 0 Å². The fourth-order valence-corrected chi connectivity index (χ4v) is 2.18. The molecule has 0 atom stereocenters. The molecule has 0 aliphatic rings. The van der Waals surface area contributed by atoms with Crippen LogP contribution >= 0.6 is 11.6 Å². The van der Waals surface area contributed by atoms with Gasteiger partial charge >= 0.3 is 6.01 Å². The van der Waals surface area contributed by atoms with E-state index in [1.54, 1.807) is 55.6 Å². The van der Waals surface area contributed by atoms with Crippen molar-refractivity contribution in [2.75, 3.05) is 12.4 Å². The minimum Gasteiger partial charge on any atom is -0.497 e. The second-order valence-electron chi connectivity index (χ2n) is 4.58. The van der Waals surface area contributed by atoms with Crippen molar-refractivity contribution in [3.05, 3.63) is 59.1 Å². The molecule has 0 bridgehead atoms. The Kier molecular flexibility index (Phi) is 4.25. The third-order valence-corrected chi connectivity index (χ3v) is 3.41. The van der Waals surface area contributed by atoms with Crippen LogP contribution in [0.1, 0.15) is 10.4 Å². The summed E-state index contributed by atoms with van der Waals surface area (Å²) in [5, 5.41) is 10.6. The zero-order valence-electron chi connectivity index (χ0n) is 12.1. The molecule has 1 aromatic heterocycles. The van der Waals surface area contributed by atoms with Gasteiger partial charge in [-0.1, -0.05) is 34.9 Å². The summed E-state index contributed by atoms with van der Waals surface area (Å²) in [5.74, 6) is 0.525. The highest BCUT2D eigenvalue weighted by molar-refractivity contribution is 6.34. The molecule has 0 aliphatic carbocycles. The lowest BCUT2D eigenvalue weighted by Gasteiger charge is -2.02. The van der Waals surface area contributed by atoms with Crippen molar-refractivity contribution >= 4 is 23.5 Å². The highest BCUT2D eigenvalue weighted by Crippen LogP contribution is 2.24. The smallest absolute Gasteiger partial charge is 0.322 e. The largest absolute Gasteiger partial charge is 0.497 e. The molecule has 0 saturated heterocycles. The van der Waals surface area contributed by atoms with Gasteiger partial charge < -0.3 is 9.15 Å². The second-order valence-corrected chi connectivity index (χ2v) is 4.99. The molecule has 0 saturated carbocycles. The van der Waals surface area contributed by atoms with E-state index in [9.17, 15) is 4.79 Å². The molecule has 1 amide bonds. The summed E-state index contributed by atoms with van der Waals surface area (Å²) in [6.45, 7) is 0. The molecule has 0 radical (unpaired) electrons. The molecular weight excluding hydrogens is 318 g/mol. The van der Waals surface area contributed by atoms with Crippen LogP contribution in [0.4, 0.5) is 6.01 Å². The lowest BCUT2D eigenvalue weighted by molar-refractivity contribution is 0.102. The summed E-state index contributed by atoms with van der Waals surface area (Å²) in [7, 11) is 1.57. The maximum Gasteiger partial charge on any atom is 0.322 e. The van der Waals surface area contributed by atoms with E-state index >= 15 is 0 Å². The highest BCUT2D eigenvalue weighted by Gasteiger charge is 2.15. The van der Waals surface area contributed by atoms with Crippen LogP contribution in [0.2, 0.25) is 5.02 Å². The van der Waals surface area contributed by atoms with E-state index in [0.717, 1.165) is 0 Å². The average molecular weight is 330 g/mol. The second kappa shape index (κ2) is 6.50. The number of nitrogens with one attached hydrogen (secondary N) is 1. The summed E-state index contributed by atoms with van der Waals surface area (Å²) in [5.41, 5.74) is 1.02. The van der Waals surface area contributed by atoms with E-state index in [1.807, 2.05) is 0 Å². The van der Waals surface area contributed by atoms with Crippen LogP contribution in [-0.2, 0) is 0 Å². The zero-order valence-corrected chi connectivity index (χ0v) is 12.9. The molecule has 6 nitrogen and oxygen atoms in total. The topological polar surface area (TPSA) is 77.3 Å². The first-order valence-corrected chi connectivity index (χ1v) is 7.09. The fraction of sp³-hybridized carbons (Fsp3) is 0.0625. The Morgan fingerprint density at radius 1 is 1.17 bits per heavy atom. The predicted molar refractivity (Wildman–Crippen MR) is 85.7 cm³/mol. The molecule has 0 spiro atoms. The number of amides is 1. The van der Waals surface area contributed by atoms with Crippen molar-refractivity contribution in [3.8, 4) is 17.2 Å². The van der Waals surface area contributed by atoms with Gasteiger partial charge in [0.05, 0.1) is 17.7 Å². The average Bonchev–Trinajstić information content (AvgIpc) is 3.03. The third-order valence-electron chi connectivity index (χ3n) is 3.08. The van der Waals surface area contributed by atoms with E-state index in [4.69, 9.17) is 20.8 Å².